The van der Waals surface area contributed by atoms with Gasteiger partial charge in [0.05, 0.1) is 19.2 Å². The summed E-state index contributed by atoms with van der Waals surface area (Å²) in [7, 11) is 1.89. The molecule has 154 valence electrons. The first-order valence-electron chi connectivity index (χ1n) is 9.43. The maximum Gasteiger partial charge on any atom is 0.242 e. The van der Waals surface area contributed by atoms with Crippen molar-refractivity contribution in [3.05, 3.63) is 29.8 Å². The van der Waals surface area contributed by atoms with Crippen LogP contribution in [-0.2, 0) is 11.3 Å². The Kier molecular flexibility index (Phi) is 12.9. The molecular formula is C20H35IN4O2. The van der Waals surface area contributed by atoms with Gasteiger partial charge in [-0.05, 0) is 52.3 Å². The Labute approximate surface area is 181 Å². The Morgan fingerprint density at radius 3 is 2.22 bits per heavy atom. The highest BCUT2D eigenvalue weighted by Gasteiger charge is 2.14. The Balaban J connectivity index is 0.00000676. The lowest BCUT2D eigenvalue weighted by Gasteiger charge is -2.25. The van der Waals surface area contributed by atoms with Crippen molar-refractivity contribution in [3.8, 4) is 5.75 Å². The highest BCUT2D eigenvalue weighted by Crippen LogP contribution is 2.14. The van der Waals surface area contributed by atoms with Crippen molar-refractivity contribution < 1.29 is 9.53 Å². The second kappa shape index (κ2) is 13.6. The van der Waals surface area contributed by atoms with Gasteiger partial charge in [0.25, 0.3) is 0 Å². The summed E-state index contributed by atoms with van der Waals surface area (Å²) in [4.78, 5) is 20.7. The van der Waals surface area contributed by atoms with Crippen molar-refractivity contribution in [2.75, 3.05) is 33.2 Å². The maximum absolute atomic E-state index is 12.3. The number of hydrogen-bond donors (Lipinski definition) is 1. The van der Waals surface area contributed by atoms with Gasteiger partial charge in [-0.25, -0.2) is 4.99 Å². The molecule has 1 rings (SSSR count). The predicted octanol–water partition coefficient (Wildman–Crippen LogP) is 3.36. The van der Waals surface area contributed by atoms with Crippen LogP contribution in [0, 0.1) is 0 Å². The number of amides is 1. The second-order valence-corrected chi connectivity index (χ2v) is 6.40. The zero-order valence-corrected chi connectivity index (χ0v) is 19.8. The minimum atomic E-state index is 0. The largest absolute Gasteiger partial charge is 0.491 e. The molecule has 0 aromatic heterocycles. The average molecular weight is 490 g/mol. The van der Waals surface area contributed by atoms with Crippen LogP contribution in [-0.4, -0.2) is 61.0 Å². The number of carbonyl (C=O) groups is 1. The van der Waals surface area contributed by atoms with Crippen LogP contribution in [0.3, 0.4) is 0 Å². The number of ether oxygens (including phenoxy) is 1. The molecule has 1 aromatic carbocycles. The Morgan fingerprint density at radius 1 is 1.15 bits per heavy atom. The fourth-order valence-electron chi connectivity index (χ4n) is 2.54. The van der Waals surface area contributed by atoms with E-state index in [4.69, 9.17) is 4.74 Å². The second-order valence-electron chi connectivity index (χ2n) is 6.40. The van der Waals surface area contributed by atoms with E-state index in [2.05, 4.69) is 10.3 Å². The quantitative estimate of drug-likeness (QED) is 0.328. The number of benzene rings is 1. The minimum absolute atomic E-state index is 0. The number of guanidine groups is 1. The van der Waals surface area contributed by atoms with E-state index < -0.39 is 0 Å². The SMILES string of the molecule is CCNC(=NCc1ccc(OC(C)C)cc1)N(C)CC(=O)N(CC)CC.I. The van der Waals surface area contributed by atoms with E-state index >= 15 is 0 Å². The summed E-state index contributed by atoms with van der Waals surface area (Å²) in [5, 5.41) is 3.25. The molecule has 0 saturated heterocycles. The lowest BCUT2D eigenvalue weighted by molar-refractivity contribution is -0.131. The van der Waals surface area contributed by atoms with E-state index in [1.807, 2.05) is 75.7 Å². The van der Waals surface area contributed by atoms with Gasteiger partial charge in [-0.2, -0.15) is 0 Å². The van der Waals surface area contributed by atoms with Crippen LogP contribution in [0.15, 0.2) is 29.3 Å². The molecule has 1 aromatic rings. The molecule has 0 aliphatic carbocycles. The van der Waals surface area contributed by atoms with Crippen molar-refractivity contribution in [2.24, 2.45) is 4.99 Å². The van der Waals surface area contributed by atoms with Crippen LogP contribution in [0.2, 0.25) is 0 Å². The van der Waals surface area contributed by atoms with E-state index in [9.17, 15) is 4.79 Å². The molecule has 0 fully saturated rings. The fraction of sp³-hybridized carbons (Fsp3) is 0.600. The highest BCUT2D eigenvalue weighted by atomic mass is 127. The van der Waals surface area contributed by atoms with E-state index in [1.165, 1.54) is 0 Å². The third-order valence-corrected chi connectivity index (χ3v) is 3.89. The fourth-order valence-corrected chi connectivity index (χ4v) is 2.54. The zero-order valence-electron chi connectivity index (χ0n) is 17.5. The maximum atomic E-state index is 12.3. The highest BCUT2D eigenvalue weighted by molar-refractivity contribution is 14.0. The molecule has 0 bridgehead atoms. The Bertz CT molecular complexity index is 572. The van der Waals surface area contributed by atoms with Crippen molar-refractivity contribution in [2.45, 2.75) is 47.3 Å². The lowest BCUT2D eigenvalue weighted by Crippen LogP contribution is -2.45. The number of aliphatic imine (C=N–C) groups is 1. The van der Waals surface area contributed by atoms with Crippen molar-refractivity contribution in [1.82, 2.24) is 15.1 Å². The monoisotopic (exact) mass is 490 g/mol. The summed E-state index contributed by atoms with van der Waals surface area (Å²) in [6, 6.07) is 7.97. The number of carbonyl (C=O) groups excluding carboxylic acids is 1. The molecule has 0 atom stereocenters. The van der Waals surface area contributed by atoms with Gasteiger partial charge in [0.2, 0.25) is 5.91 Å². The topological polar surface area (TPSA) is 57.2 Å². The molecular weight excluding hydrogens is 455 g/mol. The van der Waals surface area contributed by atoms with E-state index in [0.717, 1.165) is 36.9 Å². The minimum Gasteiger partial charge on any atom is -0.491 e. The molecule has 1 amide bonds. The summed E-state index contributed by atoms with van der Waals surface area (Å²) < 4.78 is 5.66. The number of halogens is 1. The standard InChI is InChI=1S/C20H34N4O2.HI/c1-7-21-20(23(6)15-19(25)24(8-2)9-3)22-14-17-10-12-18(13-11-17)26-16(4)5;/h10-13,16H,7-9,14-15H2,1-6H3,(H,21,22);1H. The van der Waals surface area contributed by atoms with Gasteiger partial charge < -0.3 is 19.9 Å². The smallest absolute Gasteiger partial charge is 0.242 e. The van der Waals surface area contributed by atoms with Gasteiger partial charge >= 0.3 is 0 Å². The summed E-state index contributed by atoms with van der Waals surface area (Å²) in [6.07, 6.45) is 0.163. The van der Waals surface area contributed by atoms with Crippen molar-refractivity contribution >= 4 is 35.8 Å². The molecule has 0 heterocycles. The predicted molar refractivity (Wildman–Crippen MR) is 123 cm³/mol. The number of hydrogen-bond acceptors (Lipinski definition) is 3. The molecule has 1 N–H and O–H groups in total. The molecule has 6 nitrogen and oxygen atoms in total. The van der Waals surface area contributed by atoms with Crippen LogP contribution in [0.25, 0.3) is 0 Å². The first-order valence-corrected chi connectivity index (χ1v) is 9.43. The first-order chi connectivity index (χ1) is 12.4. The van der Waals surface area contributed by atoms with Crippen molar-refractivity contribution in [3.63, 3.8) is 0 Å². The normalized spacial score (nSPS) is 11.0. The third-order valence-electron chi connectivity index (χ3n) is 3.89. The summed E-state index contributed by atoms with van der Waals surface area (Å²) >= 11 is 0. The van der Waals surface area contributed by atoms with Gasteiger partial charge in [-0.1, -0.05) is 12.1 Å². The third kappa shape index (κ3) is 9.30. The molecule has 0 unspecified atom stereocenters. The van der Waals surface area contributed by atoms with Crippen LogP contribution in [0.1, 0.15) is 40.2 Å². The van der Waals surface area contributed by atoms with Gasteiger partial charge in [0.1, 0.15) is 5.75 Å². The van der Waals surface area contributed by atoms with Crippen LogP contribution in [0.4, 0.5) is 0 Å². The Hall–Kier alpha value is -1.51. The number of nitrogens with zero attached hydrogens (tertiary/aromatic N) is 3. The molecule has 0 saturated carbocycles. The van der Waals surface area contributed by atoms with Crippen LogP contribution < -0.4 is 10.1 Å². The molecule has 0 radical (unpaired) electrons. The van der Waals surface area contributed by atoms with Gasteiger partial charge in [-0.3, -0.25) is 4.79 Å². The number of likely N-dealkylation sites (N-methyl/N-ethyl adjacent to an activating group) is 2. The zero-order chi connectivity index (χ0) is 19.5. The lowest BCUT2D eigenvalue weighted by atomic mass is 10.2. The Morgan fingerprint density at radius 2 is 1.74 bits per heavy atom. The van der Waals surface area contributed by atoms with Gasteiger partial charge in [0.15, 0.2) is 5.96 Å². The summed E-state index contributed by atoms with van der Waals surface area (Å²) in [6.45, 7) is 13.1. The van der Waals surface area contributed by atoms with Crippen LogP contribution >= 0.6 is 24.0 Å². The van der Waals surface area contributed by atoms with Crippen LogP contribution in [0.5, 0.6) is 5.75 Å². The summed E-state index contributed by atoms with van der Waals surface area (Å²) in [5.41, 5.74) is 1.10. The van der Waals surface area contributed by atoms with E-state index in [1.54, 1.807) is 0 Å². The first kappa shape index (κ1) is 25.5. The molecule has 0 aliphatic rings. The summed E-state index contributed by atoms with van der Waals surface area (Å²) in [5.74, 6) is 1.70. The molecule has 27 heavy (non-hydrogen) atoms. The molecule has 7 heteroatoms. The van der Waals surface area contributed by atoms with E-state index in [-0.39, 0.29) is 36.0 Å². The average Bonchev–Trinajstić information content (AvgIpc) is 2.60. The number of nitrogens with one attached hydrogen (secondary N) is 1. The van der Waals surface area contributed by atoms with Gasteiger partial charge in [0, 0.05) is 26.7 Å². The van der Waals surface area contributed by atoms with E-state index in [0.29, 0.717) is 13.1 Å². The van der Waals surface area contributed by atoms with Gasteiger partial charge in [-0.15, -0.1) is 24.0 Å². The molecule has 0 aliphatic heterocycles. The van der Waals surface area contributed by atoms with Crippen molar-refractivity contribution in [1.29, 1.82) is 0 Å². The number of rotatable bonds is 9. The molecule has 0 spiro atoms.